The average molecular weight is 505 g/mol. The van der Waals surface area contributed by atoms with Crippen LogP contribution in [0, 0.1) is 6.92 Å². The van der Waals surface area contributed by atoms with E-state index < -0.39 is 5.97 Å². The predicted molar refractivity (Wildman–Crippen MR) is 148 cm³/mol. The van der Waals surface area contributed by atoms with Crippen LogP contribution in [-0.2, 0) is 6.54 Å². The molecule has 1 aromatic heterocycles. The molecular weight excluding hydrogens is 476 g/mol. The van der Waals surface area contributed by atoms with Crippen LogP contribution in [0.4, 0.5) is 0 Å². The Morgan fingerprint density at radius 2 is 1.68 bits per heavy atom. The van der Waals surface area contributed by atoms with Crippen molar-refractivity contribution in [1.29, 1.82) is 0 Å². The molecule has 190 valence electrons. The van der Waals surface area contributed by atoms with Gasteiger partial charge in [0.25, 0.3) is 5.91 Å². The van der Waals surface area contributed by atoms with Crippen molar-refractivity contribution in [2.24, 2.45) is 0 Å². The van der Waals surface area contributed by atoms with E-state index in [2.05, 4.69) is 41.6 Å². The molecule has 4 aromatic carbocycles. The minimum Gasteiger partial charge on any atom is -0.478 e. The molecule has 0 saturated carbocycles. The molecule has 5 rings (SSSR count). The molecule has 0 aliphatic heterocycles. The van der Waals surface area contributed by atoms with Crippen molar-refractivity contribution in [2.45, 2.75) is 33.2 Å². The fourth-order valence-corrected chi connectivity index (χ4v) is 4.60. The minimum atomic E-state index is -0.966. The molecule has 38 heavy (non-hydrogen) atoms. The van der Waals surface area contributed by atoms with Crippen molar-refractivity contribution >= 4 is 22.9 Å². The number of carboxylic acids is 1. The van der Waals surface area contributed by atoms with E-state index in [4.69, 9.17) is 0 Å². The van der Waals surface area contributed by atoms with Crippen LogP contribution in [0.2, 0.25) is 0 Å². The summed E-state index contributed by atoms with van der Waals surface area (Å²) in [5.41, 5.74) is 7.53. The Morgan fingerprint density at radius 3 is 2.42 bits per heavy atom. The number of nitrogens with zero attached hydrogens (tertiary/aromatic N) is 3. The van der Waals surface area contributed by atoms with Gasteiger partial charge in [0.15, 0.2) is 0 Å². The summed E-state index contributed by atoms with van der Waals surface area (Å²) in [4.78, 5) is 24.6. The van der Waals surface area contributed by atoms with Crippen LogP contribution in [0.15, 0.2) is 84.9 Å². The Balaban J connectivity index is 1.38. The summed E-state index contributed by atoms with van der Waals surface area (Å²) in [6.45, 7) is 6.62. The number of hydrogen-bond donors (Lipinski definition) is 2. The summed E-state index contributed by atoms with van der Waals surface area (Å²) in [5, 5.41) is 21.2. The van der Waals surface area contributed by atoms with E-state index in [1.165, 1.54) is 5.56 Å². The zero-order valence-corrected chi connectivity index (χ0v) is 21.5. The number of benzene rings is 4. The molecule has 0 saturated heterocycles. The predicted octanol–water partition coefficient (Wildman–Crippen LogP) is 6.15. The van der Waals surface area contributed by atoms with Crippen molar-refractivity contribution in [3.05, 3.63) is 113 Å². The smallest absolute Gasteiger partial charge is 0.336 e. The highest BCUT2D eigenvalue weighted by atomic mass is 16.4. The second-order valence-corrected chi connectivity index (χ2v) is 9.59. The monoisotopic (exact) mass is 504 g/mol. The number of amides is 1. The van der Waals surface area contributed by atoms with Gasteiger partial charge >= 0.3 is 5.97 Å². The number of aromatic carboxylic acids is 1. The zero-order chi connectivity index (χ0) is 26.8. The van der Waals surface area contributed by atoms with Crippen LogP contribution in [0.25, 0.3) is 27.8 Å². The summed E-state index contributed by atoms with van der Waals surface area (Å²) in [6.07, 6.45) is 0. The number of carbonyl (C=O) groups is 2. The minimum absolute atomic E-state index is 0.157. The average Bonchev–Trinajstić information content (AvgIpc) is 3.37. The fraction of sp³-hybridized carbons (Fsp3) is 0.161. The van der Waals surface area contributed by atoms with Crippen LogP contribution in [-0.4, -0.2) is 32.0 Å². The number of carboxylic acid groups (broad SMARTS) is 1. The SMILES string of the molecule is Cc1c(C(=O)NCc2cccc(C(C)C)c2)ccc2c1nnn2-c1ccc(-c2ccccc2C(=O)O)cc1. The first-order valence-electron chi connectivity index (χ1n) is 12.5. The third kappa shape index (κ3) is 4.78. The first kappa shape index (κ1) is 24.9. The number of fused-ring (bicyclic) bond motifs is 1. The summed E-state index contributed by atoms with van der Waals surface area (Å²) >= 11 is 0. The first-order chi connectivity index (χ1) is 18.3. The maximum absolute atomic E-state index is 13.0. The quantitative estimate of drug-likeness (QED) is 0.277. The van der Waals surface area contributed by atoms with Crippen molar-refractivity contribution in [3.63, 3.8) is 0 Å². The van der Waals surface area contributed by atoms with Gasteiger partial charge < -0.3 is 10.4 Å². The highest BCUT2D eigenvalue weighted by molar-refractivity contribution is 6.00. The van der Waals surface area contributed by atoms with Gasteiger partial charge in [-0.2, -0.15) is 0 Å². The fourth-order valence-electron chi connectivity index (χ4n) is 4.60. The molecule has 7 heteroatoms. The molecule has 0 fully saturated rings. The Hall–Kier alpha value is -4.78. The maximum atomic E-state index is 13.0. The highest BCUT2D eigenvalue weighted by Gasteiger charge is 2.17. The van der Waals surface area contributed by atoms with Crippen molar-refractivity contribution in [3.8, 4) is 16.8 Å². The molecule has 0 bridgehead atoms. The number of rotatable bonds is 7. The van der Waals surface area contributed by atoms with Crippen LogP contribution in [0.3, 0.4) is 0 Å². The van der Waals surface area contributed by atoms with E-state index in [9.17, 15) is 14.7 Å². The Kier molecular flexibility index (Phi) is 6.75. The van der Waals surface area contributed by atoms with Crippen LogP contribution < -0.4 is 5.32 Å². The van der Waals surface area contributed by atoms with Gasteiger partial charge in [0, 0.05) is 12.1 Å². The van der Waals surface area contributed by atoms with Gasteiger partial charge in [0.05, 0.1) is 16.8 Å². The van der Waals surface area contributed by atoms with E-state index in [0.717, 1.165) is 27.9 Å². The first-order valence-corrected chi connectivity index (χ1v) is 12.5. The number of nitrogens with one attached hydrogen (secondary N) is 1. The van der Waals surface area contributed by atoms with E-state index in [1.54, 1.807) is 28.9 Å². The number of aryl methyl sites for hydroxylation is 1. The van der Waals surface area contributed by atoms with Gasteiger partial charge in [-0.05, 0) is 71.0 Å². The number of hydrogen-bond acceptors (Lipinski definition) is 4. The number of aromatic nitrogens is 3. The van der Waals surface area contributed by atoms with Crippen molar-refractivity contribution in [1.82, 2.24) is 20.3 Å². The summed E-state index contributed by atoms with van der Waals surface area (Å²) in [7, 11) is 0. The van der Waals surface area contributed by atoms with Crippen LogP contribution in [0.5, 0.6) is 0 Å². The van der Waals surface area contributed by atoms with E-state index in [0.29, 0.717) is 29.1 Å². The lowest BCUT2D eigenvalue weighted by Crippen LogP contribution is -2.23. The normalized spacial score (nSPS) is 11.2. The molecule has 1 amide bonds. The molecule has 2 N–H and O–H groups in total. The lowest BCUT2D eigenvalue weighted by atomic mass is 9.99. The standard InChI is InChI=1S/C31H28N4O3/c1-19(2)23-8-6-7-21(17-23)18-32-30(36)25-15-16-28-29(20(25)3)33-34-35(28)24-13-11-22(12-14-24)26-9-4-5-10-27(26)31(37)38/h4-17,19H,18H2,1-3H3,(H,32,36)(H,37,38). The molecule has 0 unspecified atom stereocenters. The Morgan fingerprint density at radius 1 is 0.921 bits per heavy atom. The van der Waals surface area contributed by atoms with Gasteiger partial charge in [-0.25, -0.2) is 9.48 Å². The molecule has 0 radical (unpaired) electrons. The van der Waals surface area contributed by atoms with Crippen molar-refractivity contribution < 1.29 is 14.7 Å². The largest absolute Gasteiger partial charge is 0.478 e. The molecule has 0 spiro atoms. The molecule has 7 nitrogen and oxygen atoms in total. The molecular formula is C31H28N4O3. The van der Waals surface area contributed by atoms with Crippen LogP contribution in [0.1, 0.15) is 57.2 Å². The highest BCUT2D eigenvalue weighted by Crippen LogP contribution is 2.27. The van der Waals surface area contributed by atoms with Gasteiger partial charge in [0.2, 0.25) is 0 Å². The van der Waals surface area contributed by atoms with Gasteiger partial charge in [-0.1, -0.05) is 73.7 Å². The Bertz CT molecular complexity index is 1650. The lowest BCUT2D eigenvalue weighted by Gasteiger charge is -2.11. The molecule has 0 aliphatic carbocycles. The van der Waals surface area contributed by atoms with Gasteiger partial charge in [-0.3, -0.25) is 4.79 Å². The molecule has 0 aliphatic rings. The molecule has 0 atom stereocenters. The third-order valence-electron chi connectivity index (χ3n) is 6.77. The third-order valence-corrected chi connectivity index (χ3v) is 6.77. The van der Waals surface area contributed by atoms with Crippen LogP contribution >= 0.6 is 0 Å². The molecule has 5 aromatic rings. The Labute approximate surface area is 220 Å². The zero-order valence-electron chi connectivity index (χ0n) is 21.5. The van der Waals surface area contributed by atoms with Crippen molar-refractivity contribution in [2.75, 3.05) is 0 Å². The molecule has 1 heterocycles. The second kappa shape index (κ2) is 10.3. The van der Waals surface area contributed by atoms with E-state index in [1.807, 2.05) is 55.5 Å². The van der Waals surface area contributed by atoms with Gasteiger partial charge in [0.1, 0.15) is 5.52 Å². The van der Waals surface area contributed by atoms with E-state index in [-0.39, 0.29) is 11.5 Å². The maximum Gasteiger partial charge on any atom is 0.336 e. The topological polar surface area (TPSA) is 97.1 Å². The number of carbonyl (C=O) groups excluding carboxylic acids is 1. The van der Waals surface area contributed by atoms with Gasteiger partial charge in [-0.15, -0.1) is 5.10 Å². The summed E-state index contributed by atoms with van der Waals surface area (Å²) < 4.78 is 1.72. The lowest BCUT2D eigenvalue weighted by molar-refractivity contribution is 0.0697. The summed E-state index contributed by atoms with van der Waals surface area (Å²) in [5.74, 6) is -0.698. The second-order valence-electron chi connectivity index (χ2n) is 9.59. The summed E-state index contributed by atoms with van der Waals surface area (Å²) in [6, 6.07) is 26.3. The van der Waals surface area contributed by atoms with E-state index >= 15 is 0 Å².